The maximum absolute atomic E-state index is 11.6. The van der Waals surface area contributed by atoms with Crippen molar-refractivity contribution in [2.75, 3.05) is 0 Å². The molecule has 2 aromatic rings. The summed E-state index contributed by atoms with van der Waals surface area (Å²) in [4.78, 5) is 16.1. The highest BCUT2D eigenvalue weighted by Gasteiger charge is 2.06. The van der Waals surface area contributed by atoms with Crippen molar-refractivity contribution in [2.45, 2.75) is 0 Å². The van der Waals surface area contributed by atoms with Gasteiger partial charge in [0.05, 0.1) is 14.9 Å². The average Bonchev–Trinajstić information content (AvgIpc) is 2.77. The van der Waals surface area contributed by atoms with E-state index in [2.05, 4.69) is 31.4 Å². The van der Waals surface area contributed by atoms with Crippen molar-refractivity contribution in [1.82, 2.24) is 10.4 Å². The minimum Gasteiger partial charge on any atom is -0.266 e. The number of pyridine rings is 1. The maximum atomic E-state index is 11.6. The number of carbonyl (C=O) groups excluding carboxylic acids is 1. The van der Waals surface area contributed by atoms with Gasteiger partial charge in [-0.3, -0.25) is 9.78 Å². The summed E-state index contributed by atoms with van der Waals surface area (Å²) < 4.78 is 0.917. The van der Waals surface area contributed by atoms with Crippen LogP contribution in [0, 0.1) is 0 Å². The standard InChI is InChI=1S/C11H8BrN3OS/c12-10-2-1-9(17-10)11(16)15-14-7-8-3-5-13-6-4-8/h1-7H,(H,15,16)/b14-7+. The molecule has 0 unspecified atom stereocenters. The second-order valence-electron chi connectivity index (χ2n) is 3.08. The Morgan fingerprint density at radius 3 is 2.76 bits per heavy atom. The molecule has 17 heavy (non-hydrogen) atoms. The third-order valence-electron chi connectivity index (χ3n) is 1.88. The normalized spacial score (nSPS) is 10.6. The number of nitrogens with zero attached hydrogens (tertiary/aromatic N) is 2. The molecule has 0 aliphatic rings. The summed E-state index contributed by atoms with van der Waals surface area (Å²) in [7, 11) is 0. The van der Waals surface area contributed by atoms with Gasteiger partial charge >= 0.3 is 0 Å². The minimum absolute atomic E-state index is 0.217. The van der Waals surface area contributed by atoms with Crippen molar-refractivity contribution in [3.05, 3.63) is 50.9 Å². The van der Waals surface area contributed by atoms with Gasteiger partial charge in [-0.05, 0) is 45.8 Å². The first-order valence-corrected chi connectivity index (χ1v) is 6.35. The first-order chi connectivity index (χ1) is 8.25. The highest BCUT2D eigenvalue weighted by Crippen LogP contribution is 2.21. The van der Waals surface area contributed by atoms with E-state index in [0.717, 1.165) is 9.35 Å². The number of rotatable bonds is 3. The molecule has 0 aliphatic carbocycles. The molecule has 86 valence electrons. The lowest BCUT2D eigenvalue weighted by molar-refractivity contribution is 0.0959. The fraction of sp³-hybridized carbons (Fsp3) is 0. The highest BCUT2D eigenvalue weighted by molar-refractivity contribution is 9.11. The molecule has 0 saturated carbocycles. The van der Waals surface area contributed by atoms with Crippen molar-refractivity contribution in [3.63, 3.8) is 0 Å². The van der Waals surface area contributed by atoms with Crippen LogP contribution >= 0.6 is 27.3 Å². The van der Waals surface area contributed by atoms with E-state index < -0.39 is 0 Å². The number of thiophene rings is 1. The number of halogens is 1. The van der Waals surface area contributed by atoms with E-state index in [9.17, 15) is 4.79 Å². The molecule has 6 heteroatoms. The molecule has 1 N–H and O–H groups in total. The molecular formula is C11H8BrN3OS. The Hall–Kier alpha value is -1.53. The predicted molar refractivity (Wildman–Crippen MR) is 71.3 cm³/mol. The second-order valence-corrected chi connectivity index (χ2v) is 5.55. The molecule has 0 fully saturated rings. The average molecular weight is 310 g/mol. The third kappa shape index (κ3) is 3.47. The Kier molecular flexibility index (Phi) is 4.00. The van der Waals surface area contributed by atoms with E-state index in [1.54, 1.807) is 36.8 Å². The molecule has 0 atom stereocenters. The number of hydrogen-bond donors (Lipinski definition) is 1. The van der Waals surface area contributed by atoms with Crippen molar-refractivity contribution in [2.24, 2.45) is 5.10 Å². The summed E-state index contributed by atoms with van der Waals surface area (Å²) in [5.41, 5.74) is 3.34. The lowest BCUT2D eigenvalue weighted by Crippen LogP contribution is -2.16. The fourth-order valence-electron chi connectivity index (χ4n) is 1.11. The number of hydrogen-bond acceptors (Lipinski definition) is 4. The first-order valence-electron chi connectivity index (χ1n) is 4.74. The fourth-order valence-corrected chi connectivity index (χ4v) is 2.38. The van der Waals surface area contributed by atoms with E-state index in [1.165, 1.54) is 11.3 Å². The van der Waals surface area contributed by atoms with E-state index >= 15 is 0 Å². The SMILES string of the molecule is O=C(N/N=C/c1ccncc1)c1ccc(Br)s1. The Morgan fingerprint density at radius 1 is 1.35 bits per heavy atom. The zero-order chi connectivity index (χ0) is 12.1. The summed E-state index contributed by atoms with van der Waals surface area (Å²) in [6.07, 6.45) is 4.90. The van der Waals surface area contributed by atoms with Crippen LogP contribution < -0.4 is 5.43 Å². The van der Waals surface area contributed by atoms with Gasteiger partial charge in [-0.1, -0.05) is 0 Å². The second kappa shape index (κ2) is 5.70. The van der Waals surface area contributed by atoms with Gasteiger partial charge in [0.2, 0.25) is 0 Å². The summed E-state index contributed by atoms with van der Waals surface area (Å²) in [5.74, 6) is -0.217. The summed E-state index contributed by atoms with van der Waals surface area (Å²) in [6, 6.07) is 7.17. The van der Waals surface area contributed by atoms with E-state index in [-0.39, 0.29) is 5.91 Å². The van der Waals surface area contributed by atoms with Crippen LogP contribution in [0.15, 0.2) is 45.5 Å². The Labute approximate surface area is 111 Å². The van der Waals surface area contributed by atoms with Gasteiger partial charge in [0.25, 0.3) is 5.91 Å². The van der Waals surface area contributed by atoms with Crippen molar-refractivity contribution < 1.29 is 4.79 Å². The Morgan fingerprint density at radius 2 is 2.12 bits per heavy atom. The van der Waals surface area contributed by atoms with Crippen molar-refractivity contribution in [1.29, 1.82) is 0 Å². The number of carbonyl (C=O) groups is 1. The van der Waals surface area contributed by atoms with Crippen molar-refractivity contribution in [3.8, 4) is 0 Å². The number of aromatic nitrogens is 1. The molecule has 0 aromatic carbocycles. The van der Waals surface area contributed by atoms with Gasteiger partial charge in [-0.15, -0.1) is 11.3 Å². The van der Waals surface area contributed by atoms with E-state index in [4.69, 9.17) is 0 Å². The van der Waals surface area contributed by atoms with Gasteiger partial charge in [0.15, 0.2) is 0 Å². The van der Waals surface area contributed by atoms with Crippen molar-refractivity contribution >= 4 is 39.4 Å². The third-order valence-corrected chi connectivity index (χ3v) is 3.51. The lowest BCUT2D eigenvalue weighted by Gasteiger charge is -1.95. The molecule has 4 nitrogen and oxygen atoms in total. The topological polar surface area (TPSA) is 54.4 Å². The van der Waals surface area contributed by atoms with Crippen LogP contribution in [0.5, 0.6) is 0 Å². The molecule has 1 amide bonds. The Balaban J connectivity index is 1.95. The number of amides is 1. The van der Waals surface area contributed by atoms with Crippen LogP contribution in [0.3, 0.4) is 0 Å². The smallest absolute Gasteiger partial charge is 0.266 e. The minimum atomic E-state index is -0.217. The van der Waals surface area contributed by atoms with Gasteiger partial charge in [-0.2, -0.15) is 5.10 Å². The molecule has 0 radical (unpaired) electrons. The zero-order valence-electron chi connectivity index (χ0n) is 8.63. The van der Waals surface area contributed by atoms with Crippen LogP contribution in [0.2, 0.25) is 0 Å². The molecular weight excluding hydrogens is 302 g/mol. The van der Waals surface area contributed by atoms with Crippen LogP contribution in [0.4, 0.5) is 0 Å². The summed E-state index contributed by atoms with van der Waals surface area (Å²) in [6.45, 7) is 0. The molecule has 2 rings (SSSR count). The van der Waals surface area contributed by atoms with Crippen LogP contribution in [-0.2, 0) is 0 Å². The van der Waals surface area contributed by atoms with Crippen LogP contribution in [-0.4, -0.2) is 17.1 Å². The molecule has 0 spiro atoms. The van der Waals surface area contributed by atoms with Crippen LogP contribution in [0.1, 0.15) is 15.2 Å². The zero-order valence-corrected chi connectivity index (χ0v) is 11.0. The van der Waals surface area contributed by atoms with Gasteiger partial charge in [-0.25, -0.2) is 5.43 Å². The lowest BCUT2D eigenvalue weighted by atomic mass is 10.3. The summed E-state index contributed by atoms with van der Waals surface area (Å²) >= 11 is 4.66. The molecule has 0 aliphatic heterocycles. The largest absolute Gasteiger partial charge is 0.281 e. The molecule has 0 bridgehead atoms. The summed E-state index contributed by atoms with van der Waals surface area (Å²) in [5, 5.41) is 3.87. The number of hydrazone groups is 1. The van der Waals surface area contributed by atoms with E-state index in [0.29, 0.717) is 4.88 Å². The molecule has 2 aromatic heterocycles. The maximum Gasteiger partial charge on any atom is 0.281 e. The van der Waals surface area contributed by atoms with Crippen LogP contribution in [0.25, 0.3) is 0 Å². The highest BCUT2D eigenvalue weighted by atomic mass is 79.9. The van der Waals surface area contributed by atoms with E-state index in [1.807, 2.05) is 6.07 Å². The van der Waals surface area contributed by atoms with Gasteiger partial charge in [0.1, 0.15) is 0 Å². The number of nitrogens with one attached hydrogen (secondary N) is 1. The quantitative estimate of drug-likeness (QED) is 0.700. The Bertz CT molecular complexity index is 539. The molecule has 2 heterocycles. The predicted octanol–water partition coefficient (Wildman–Crippen LogP) is 2.67. The monoisotopic (exact) mass is 309 g/mol. The van der Waals surface area contributed by atoms with Gasteiger partial charge < -0.3 is 0 Å². The molecule has 0 saturated heterocycles. The van der Waals surface area contributed by atoms with Gasteiger partial charge in [0, 0.05) is 12.4 Å². The first kappa shape index (κ1) is 11.9.